The lowest BCUT2D eigenvalue weighted by molar-refractivity contribution is -0.205. The van der Waals surface area contributed by atoms with Crippen LogP contribution in [0.3, 0.4) is 0 Å². The number of hydrogen-bond acceptors (Lipinski definition) is 8. The molecule has 6 aliphatic rings. The molecule has 71 heavy (non-hydrogen) atoms. The fourth-order valence-corrected chi connectivity index (χ4v) is 15.7. The van der Waals surface area contributed by atoms with Crippen LogP contribution in [0.2, 0.25) is 0 Å². The van der Waals surface area contributed by atoms with E-state index in [-0.39, 0.29) is 36.7 Å². The molecule has 0 bridgehead atoms. The SMILES string of the molecule is CC(=O)N1C(C)(C)CC2(CC1(C)C)OC1(CCCCCCCCCCC1)N(CC(CN1C(=O)C3(CC(C)(C)N(C(C)=O)C(C)(C)C3)OC13CCCCCCCCCCC3)OC(=O)Nc1ccccc1)C2=O. The van der Waals surface area contributed by atoms with Crippen molar-refractivity contribution in [2.75, 3.05) is 18.4 Å². The van der Waals surface area contributed by atoms with E-state index in [4.69, 9.17) is 14.2 Å². The van der Waals surface area contributed by atoms with Gasteiger partial charge in [-0.25, -0.2) is 4.79 Å². The number of piperidine rings is 2. The van der Waals surface area contributed by atoms with E-state index in [9.17, 15) is 14.4 Å². The lowest BCUT2D eigenvalue weighted by Crippen LogP contribution is -2.68. The molecule has 7 rings (SSSR count). The summed E-state index contributed by atoms with van der Waals surface area (Å²) in [5, 5.41) is 2.96. The van der Waals surface area contributed by atoms with Crippen molar-refractivity contribution in [1.29, 1.82) is 0 Å². The Bertz CT molecular complexity index is 1870. The zero-order valence-corrected chi connectivity index (χ0v) is 45.8. The molecule has 4 heterocycles. The molecule has 0 aromatic heterocycles. The minimum atomic E-state index is -1.24. The van der Waals surface area contributed by atoms with Crippen LogP contribution >= 0.6 is 0 Å². The third kappa shape index (κ3) is 11.8. The van der Waals surface area contributed by atoms with Gasteiger partial charge in [-0.15, -0.1) is 0 Å². The van der Waals surface area contributed by atoms with Gasteiger partial charge in [0.2, 0.25) is 11.8 Å². The second kappa shape index (κ2) is 21.6. The maximum Gasteiger partial charge on any atom is 0.412 e. The number of ether oxygens (including phenoxy) is 3. The van der Waals surface area contributed by atoms with Gasteiger partial charge in [-0.2, -0.15) is 0 Å². The topological polar surface area (TPSA) is 138 Å². The van der Waals surface area contributed by atoms with Gasteiger partial charge >= 0.3 is 6.09 Å². The third-order valence-electron chi connectivity index (χ3n) is 17.3. The molecule has 2 aliphatic carbocycles. The number of nitrogens with one attached hydrogen (secondary N) is 1. The first-order valence-electron chi connectivity index (χ1n) is 28.1. The van der Waals surface area contributed by atoms with Crippen molar-refractivity contribution < 1.29 is 38.2 Å². The minimum Gasteiger partial charge on any atom is -0.442 e. The number of hydrogen-bond donors (Lipinski definition) is 1. The van der Waals surface area contributed by atoms with Crippen molar-refractivity contribution in [3.8, 4) is 0 Å². The van der Waals surface area contributed by atoms with Crippen molar-refractivity contribution >= 4 is 35.4 Å². The van der Waals surface area contributed by atoms with Crippen molar-refractivity contribution in [3.63, 3.8) is 0 Å². The molecule has 0 unspecified atom stereocenters. The van der Waals surface area contributed by atoms with E-state index in [1.165, 1.54) is 38.5 Å². The van der Waals surface area contributed by atoms with E-state index in [1.807, 2.05) is 105 Å². The van der Waals surface area contributed by atoms with Crippen molar-refractivity contribution in [2.24, 2.45) is 0 Å². The minimum absolute atomic E-state index is 0.0159. The number of carbonyl (C=O) groups excluding carboxylic acids is 5. The summed E-state index contributed by atoms with van der Waals surface area (Å²) >= 11 is 0. The molecule has 0 radical (unpaired) electrons. The van der Waals surface area contributed by atoms with E-state index < -0.39 is 57.0 Å². The number of anilines is 1. The fraction of sp³-hybridized carbons (Fsp3) is 0.810. The van der Waals surface area contributed by atoms with Crippen LogP contribution in [0.25, 0.3) is 0 Å². The smallest absolute Gasteiger partial charge is 0.412 e. The highest BCUT2D eigenvalue weighted by Gasteiger charge is 2.69. The van der Waals surface area contributed by atoms with E-state index in [0.717, 1.165) is 77.0 Å². The second-order valence-electron chi connectivity index (χ2n) is 25.5. The Morgan fingerprint density at radius 1 is 0.507 bits per heavy atom. The first-order chi connectivity index (χ1) is 33.4. The van der Waals surface area contributed by atoms with E-state index in [0.29, 0.717) is 57.1 Å². The van der Waals surface area contributed by atoms with Crippen LogP contribution in [0, 0.1) is 0 Å². The monoisotopic (exact) mass is 988 g/mol. The molecular weight excluding hydrogens is 895 g/mol. The zero-order valence-electron chi connectivity index (χ0n) is 45.8. The Hall–Kier alpha value is -3.71. The summed E-state index contributed by atoms with van der Waals surface area (Å²) in [6.45, 7) is 19.6. The molecule has 1 N–H and O–H groups in total. The molecule has 6 fully saturated rings. The summed E-state index contributed by atoms with van der Waals surface area (Å²) in [7, 11) is 0. The first-order valence-corrected chi connectivity index (χ1v) is 28.1. The van der Waals surface area contributed by atoms with Gasteiger partial charge in [0.05, 0.1) is 13.1 Å². The molecular formula is C58H93N5O8. The predicted molar refractivity (Wildman–Crippen MR) is 278 cm³/mol. The Kier molecular flexibility index (Phi) is 16.8. The third-order valence-corrected chi connectivity index (χ3v) is 17.3. The van der Waals surface area contributed by atoms with Gasteiger partial charge in [-0.1, -0.05) is 108 Å². The summed E-state index contributed by atoms with van der Waals surface area (Å²) in [5.74, 6) is -0.338. The number of benzene rings is 1. The predicted octanol–water partition coefficient (Wildman–Crippen LogP) is 12.2. The van der Waals surface area contributed by atoms with Crippen LogP contribution in [0.15, 0.2) is 30.3 Å². The molecule has 1 aromatic rings. The van der Waals surface area contributed by atoms with Crippen molar-refractivity contribution in [2.45, 2.75) is 287 Å². The molecule has 13 heteroatoms. The molecule has 5 amide bonds. The molecule has 4 saturated heterocycles. The summed E-state index contributed by atoms with van der Waals surface area (Å²) < 4.78 is 21.9. The van der Waals surface area contributed by atoms with Gasteiger partial charge < -0.3 is 33.8 Å². The maximum atomic E-state index is 16.1. The molecule has 4 aliphatic heterocycles. The lowest BCUT2D eigenvalue weighted by Gasteiger charge is -2.57. The van der Waals surface area contributed by atoms with Gasteiger partial charge in [0, 0.05) is 67.4 Å². The fourth-order valence-electron chi connectivity index (χ4n) is 15.7. The Balaban J connectivity index is 1.34. The van der Waals surface area contributed by atoms with Crippen LogP contribution in [0.4, 0.5) is 10.5 Å². The Morgan fingerprint density at radius 2 is 0.803 bits per heavy atom. The summed E-state index contributed by atoms with van der Waals surface area (Å²) in [6.07, 6.45) is 21.5. The number of para-hydroxylation sites is 1. The quantitative estimate of drug-likeness (QED) is 0.297. The summed E-state index contributed by atoms with van der Waals surface area (Å²) in [6, 6.07) is 9.22. The highest BCUT2D eigenvalue weighted by atomic mass is 16.6. The second-order valence-corrected chi connectivity index (χ2v) is 25.5. The number of nitrogens with zero attached hydrogens (tertiary/aromatic N) is 4. The normalized spacial score (nSPS) is 26.4. The van der Waals surface area contributed by atoms with Gasteiger partial charge in [0.15, 0.2) is 11.2 Å². The number of likely N-dealkylation sites (tertiary alicyclic amines) is 2. The molecule has 1 aromatic carbocycles. The summed E-state index contributed by atoms with van der Waals surface area (Å²) in [4.78, 5) is 81.1. The largest absolute Gasteiger partial charge is 0.442 e. The first kappa shape index (κ1) is 55.0. The molecule has 398 valence electrons. The standard InChI is InChI=1S/C58H93N5O8/c1-44(64)62-51(3,4)40-55(41-52(62,5)6)48(66)60(57(70-55)34-28-21-17-13-11-14-18-22-29-35-57)38-47(69-50(68)59-46-32-26-25-27-33-46)39-61-49(67)56(42-53(7,8)63(45(2)65)54(9,10)43-56)71-58(61)36-30-23-19-15-12-16-20-24-31-37-58/h25-27,32-33,47H,11-24,28-31,34-43H2,1-10H3,(H,59,68). The van der Waals surface area contributed by atoms with E-state index in [1.54, 1.807) is 13.8 Å². The molecule has 2 saturated carbocycles. The van der Waals surface area contributed by atoms with Gasteiger partial charge in [0.25, 0.3) is 11.8 Å². The van der Waals surface area contributed by atoms with Crippen LogP contribution in [-0.4, -0.2) is 113 Å². The summed E-state index contributed by atoms with van der Waals surface area (Å²) in [5.41, 5.74) is -6.71. The lowest BCUT2D eigenvalue weighted by atomic mass is 9.70. The molecule has 13 nitrogen and oxygen atoms in total. The van der Waals surface area contributed by atoms with E-state index >= 15 is 9.59 Å². The number of rotatable bonds is 6. The zero-order chi connectivity index (χ0) is 51.5. The molecule has 0 atom stereocenters. The van der Waals surface area contributed by atoms with Gasteiger partial charge in [-0.3, -0.25) is 24.5 Å². The Labute approximate surface area is 427 Å². The van der Waals surface area contributed by atoms with Gasteiger partial charge in [0.1, 0.15) is 17.6 Å². The average molecular weight is 988 g/mol. The average Bonchev–Trinajstić information content (AvgIpc) is 3.56. The maximum absolute atomic E-state index is 16.1. The van der Waals surface area contributed by atoms with Crippen LogP contribution in [-0.2, 0) is 33.4 Å². The van der Waals surface area contributed by atoms with Crippen molar-refractivity contribution in [1.82, 2.24) is 19.6 Å². The van der Waals surface area contributed by atoms with Crippen LogP contribution in [0.5, 0.6) is 0 Å². The van der Waals surface area contributed by atoms with Crippen LogP contribution in [0.1, 0.15) is 236 Å². The van der Waals surface area contributed by atoms with E-state index in [2.05, 4.69) is 5.32 Å². The Morgan fingerprint density at radius 3 is 1.10 bits per heavy atom. The van der Waals surface area contributed by atoms with Gasteiger partial charge in [-0.05, 0) is 119 Å². The molecule has 4 spiro atoms. The van der Waals surface area contributed by atoms with Crippen molar-refractivity contribution in [3.05, 3.63) is 30.3 Å². The highest BCUT2D eigenvalue weighted by Crippen LogP contribution is 2.56. The van der Waals surface area contributed by atoms with Crippen LogP contribution < -0.4 is 5.32 Å². The highest BCUT2D eigenvalue weighted by molar-refractivity contribution is 5.91. The number of carbonyl (C=O) groups is 5. The number of amides is 5.